The molecular weight excluding hydrogens is 268 g/mol. The Balaban J connectivity index is 1.69. The van der Waals surface area contributed by atoms with E-state index in [0.29, 0.717) is 12.3 Å². The zero-order valence-electron chi connectivity index (χ0n) is 10.0. The summed E-state index contributed by atoms with van der Waals surface area (Å²) < 4.78 is 5.32. The minimum Gasteiger partial charge on any atom is -0.338 e. The summed E-state index contributed by atoms with van der Waals surface area (Å²) in [6.45, 7) is 2.99. The van der Waals surface area contributed by atoms with Crippen molar-refractivity contribution in [1.29, 1.82) is 0 Å². The third-order valence-electron chi connectivity index (χ3n) is 2.68. The van der Waals surface area contributed by atoms with Crippen LogP contribution in [0.3, 0.4) is 0 Å². The first kappa shape index (κ1) is 12.1. The second kappa shape index (κ2) is 5.38. The summed E-state index contributed by atoms with van der Waals surface area (Å²) in [4.78, 5) is 8.86. The number of thioether (sulfide) groups is 1. The largest absolute Gasteiger partial charge is 0.338 e. The Bertz CT molecular complexity index is 519. The van der Waals surface area contributed by atoms with E-state index in [1.165, 1.54) is 0 Å². The summed E-state index contributed by atoms with van der Waals surface area (Å²) >= 11 is 3.55. The van der Waals surface area contributed by atoms with Crippen LogP contribution in [0, 0.1) is 6.92 Å². The van der Waals surface area contributed by atoms with Crippen LogP contribution in [0.5, 0.6) is 0 Å². The van der Waals surface area contributed by atoms with E-state index in [1.807, 2.05) is 24.1 Å². The van der Waals surface area contributed by atoms with E-state index in [1.54, 1.807) is 11.3 Å². The lowest BCUT2D eigenvalue weighted by Crippen LogP contribution is -2.30. The number of thiazole rings is 1. The van der Waals surface area contributed by atoms with Gasteiger partial charge in [-0.25, -0.2) is 4.98 Å². The lowest BCUT2D eigenvalue weighted by molar-refractivity contribution is 0.339. The molecule has 1 fully saturated rings. The molecule has 1 N–H and O–H groups in total. The highest BCUT2D eigenvalue weighted by Gasteiger charge is 2.21. The van der Waals surface area contributed by atoms with Gasteiger partial charge in [-0.15, -0.1) is 11.3 Å². The van der Waals surface area contributed by atoms with Crippen LogP contribution >= 0.6 is 23.1 Å². The number of nitrogens with one attached hydrogen (secondary N) is 1. The van der Waals surface area contributed by atoms with Gasteiger partial charge >= 0.3 is 0 Å². The number of aryl methyl sites for hydroxylation is 1. The maximum Gasteiger partial charge on any atom is 0.244 e. The van der Waals surface area contributed by atoms with Crippen LogP contribution in [0.15, 0.2) is 9.90 Å². The molecular formula is C11H14N4OS2. The zero-order valence-corrected chi connectivity index (χ0v) is 11.7. The molecule has 0 aliphatic carbocycles. The first-order valence-electron chi connectivity index (χ1n) is 5.86. The topological polar surface area (TPSA) is 63.8 Å². The molecule has 18 heavy (non-hydrogen) atoms. The fraction of sp³-hybridized carbons (Fsp3) is 0.545. The van der Waals surface area contributed by atoms with Crippen LogP contribution in [0.1, 0.15) is 28.5 Å². The molecule has 0 aromatic carbocycles. The summed E-state index contributed by atoms with van der Waals surface area (Å²) in [6.07, 6.45) is 0.655. The summed E-state index contributed by atoms with van der Waals surface area (Å²) in [7, 11) is 0. The molecule has 3 heterocycles. The second-order valence-electron chi connectivity index (χ2n) is 4.19. The summed E-state index contributed by atoms with van der Waals surface area (Å²) in [5, 5.41) is 10.5. The number of hydrogen-bond acceptors (Lipinski definition) is 7. The normalized spacial score (nSPS) is 20.2. The van der Waals surface area contributed by atoms with Crippen LogP contribution < -0.4 is 5.32 Å². The number of aromatic nitrogens is 3. The highest BCUT2D eigenvalue weighted by Crippen LogP contribution is 2.21. The van der Waals surface area contributed by atoms with Gasteiger partial charge in [0.2, 0.25) is 5.89 Å². The Morgan fingerprint density at radius 1 is 1.50 bits per heavy atom. The van der Waals surface area contributed by atoms with E-state index in [9.17, 15) is 0 Å². The van der Waals surface area contributed by atoms with E-state index >= 15 is 0 Å². The van der Waals surface area contributed by atoms with Gasteiger partial charge in [-0.3, -0.25) is 0 Å². The van der Waals surface area contributed by atoms with E-state index in [0.717, 1.165) is 34.6 Å². The highest BCUT2D eigenvalue weighted by atomic mass is 32.2. The fourth-order valence-corrected chi connectivity index (χ4v) is 3.52. The average Bonchev–Trinajstić information content (AvgIpc) is 3.01. The first-order chi connectivity index (χ1) is 8.81. The summed E-state index contributed by atoms with van der Waals surface area (Å²) in [6, 6.07) is 0.197. The van der Waals surface area contributed by atoms with E-state index < -0.39 is 0 Å². The molecule has 1 aliphatic rings. The first-order valence-corrected chi connectivity index (χ1v) is 7.89. The van der Waals surface area contributed by atoms with Crippen molar-refractivity contribution in [3.05, 3.63) is 27.8 Å². The molecule has 2 aromatic rings. The van der Waals surface area contributed by atoms with Crippen molar-refractivity contribution >= 4 is 23.1 Å². The molecule has 0 saturated carbocycles. The van der Waals surface area contributed by atoms with Gasteiger partial charge in [0.15, 0.2) is 5.82 Å². The van der Waals surface area contributed by atoms with Crippen molar-refractivity contribution in [2.75, 3.05) is 18.1 Å². The van der Waals surface area contributed by atoms with Gasteiger partial charge in [-0.05, 0) is 6.92 Å². The van der Waals surface area contributed by atoms with E-state index in [-0.39, 0.29) is 6.04 Å². The Kier molecular flexibility index (Phi) is 3.62. The molecule has 1 atom stereocenters. The molecule has 0 amide bonds. The van der Waals surface area contributed by atoms with Crippen LogP contribution in [-0.4, -0.2) is 33.2 Å². The van der Waals surface area contributed by atoms with Crippen molar-refractivity contribution in [2.24, 2.45) is 0 Å². The summed E-state index contributed by atoms with van der Waals surface area (Å²) in [5.74, 6) is 3.57. The molecule has 1 saturated heterocycles. The highest BCUT2D eigenvalue weighted by molar-refractivity contribution is 7.99. The second-order valence-corrected chi connectivity index (χ2v) is 6.28. The predicted octanol–water partition coefficient (Wildman–Crippen LogP) is 1.80. The van der Waals surface area contributed by atoms with Gasteiger partial charge in [0.05, 0.1) is 12.5 Å². The smallest absolute Gasteiger partial charge is 0.244 e. The lowest BCUT2D eigenvalue weighted by Gasteiger charge is -2.19. The van der Waals surface area contributed by atoms with Crippen LogP contribution in [0.2, 0.25) is 0 Å². The van der Waals surface area contributed by atoms with Crippen molar-refractivity contribution in [2.45, 2.75) is 19.4 Å². The molecule has 0 radical (unpaired) electrons. The molecule has 96 valence electrons. The fourth-order valence-electron chi connectivity index (χ4n) is 1.82. The van der Waals surface area contributed by atoms with Crippen LogP contribution in [0.25, 0.3) is 0 Å². The van der Waals surface area contributed by atoms with Crippen molar-refractivity contribution in [1.82, 2.24) is 20.4 Å². The maximum atomic E-state index is 5.32. The van der Waals surface area contributed by atoms with Gasteiger partial charge in [0.1, 0.15) is 5.01 Å². The van der Waals surface area contributed by atoms with Gasteiger partial charge in [-0.1, -0.05) is 5.16 Å². The molecule has 5 nitrogen and oxygen atoms in total. The zero-order chi connectivity index (χ0) is 12.4. The van der Waals surface area contributed by atoms with Gasteiger partial charge < -0.3 is 9.84 Å². The molecule has 1 aliphatic heterocycles. The van der Waals surface area contributed by atoms with E-state index in [2.05, 4.69) is 20.4 Å². The van der Waals surface area contributed by atoms with Crippen molar-refractivity contribution in [3.63, 3.8) is 0 Å². The van der Waals surface area contributed by atoms with Gasteiger partial charge in [0, 0.05) is 29.1 Å². The number of nitrogens with zero attached hydrogens (tertiary/aromatic N) is 3. The maximum absolute atomic E-state index is 5.32. The van der Waals surface area contributed by atoms with Crippen LogP contribution in [-0.2, 0) is 6.42 Å². The van der Waals surface area contributed by atoms with Crippen LogP contribution in [0.4, 0.5) is 0 Å². The van der Waals surface area contributed by atoms with Gasteiger partial charge in [0.25, 0.3) is 0 Å². The quantitative estimate of drug-likeness (QED) is 0.926. The Hall–Kier alpha value is -0.920. The monoisotopic (exact) mass is 282 g/mol. The molecule has 7 heteroatoms. The standard InChI is InChI=1S/C11H14N4OS2/c1-7-5-18-10(13-7)4-9-14-11(16-15-9)8-6-17-3-2-12-8/h5,8,12H,2-4,6H2,1H3. The minimum absolute atomic E-state index is 0.197. The summed E-state index contributed by atoms with van der Waals surface area (Å²) in [5.41, 5.74) is 1.05. The SMILES string of the molecule is Cc1csc(Cc2noc(C3CSCCN3)n2)n1. The number of rotatable bonds is 3. The van der Waals surface area contributed by atoms with Crippen molar-refractivity contribution in [3.8, 4) is 0 Å². The Morgan fingerprint density at radius 2 is 2.44 bits per heavy atom. The molecule has 0 bridgehead atoms. The third kappa shape index (κ3) is 2.73. The molecule has 2 aromatic heterocycles. The van der Waals surface area contributed by atoms with Crippen molar-refractivity contribution < 1.29 is 4.52 Å². The van der Waals surface area contributed by atoms with E-state index in [4.69, 9.17) is 4.52 Å². The Labute approximate surface area is 113 Å². The predicted molar refractivity (Wildman–Crippen MR) is 72.0 cm³/mol. The molecule has 3 rings (SSSR count). The van der Waals surface area contributed by atoms with Gasteiger partial charge in [-0.2, -0.15) is 16.7 Å². The average molecular weight is 282 g/mol. The minimum atomic E-state index is 0.197. The number of hydrogen-bond donors (Lipinski definition) is 1. The molecule has 1 unspecified atom stereocenters. The molecule has 0 spiro atoms. The Morgan fingerprint density at radius 3 is 3.17 bits per heavy atom. The third-order valence-corrected chi connectivity index (χ3v) is 4.71. The lowest BCUT2D eigenvalue weighted by atomic mass is 10.3.